The molecule has 0 saturated carbocycles. The summed E-state index contributed by atoms with van der Waals surface area (Å²) in [5.41, 5.74) is 5.95. The smallest absolute Gasteiger partial charge is 0.189 e. The van der Waals surface area contributed by atoms with Gasteiger partial charge in [0.05, 0.1) is 6.54 Å². The molecule has 0 aliphatic carbocycles. The van der Waals surface area contributed by atoms with Gasteiger partial charge in [-0.2, -0.15) is 0 Å². The first-order chi connectivity index (χ1) is 9.19. The van der Waals surface area contributed by atoms with Crippen LogP contribution in [0.3, 0.4) is 0 Å². The Morgan fingerprint density at radius 3 is 2.24 bits per heavy atom. The molecule has 3 N–H and O–H groups in total. The van der Waals surface area contributed by atoms with E-state index in [-0.39, 0.29) is 29.5 Å². The minimum atomic E-state index is -0.0263. The van der Waals surface area contributed by atoms with Gasteiger partial charge in [0.25, 0.3) is 0 Å². The second kappa shape index (κ2) is 9.18. The van der Waals surface area contributed by atoms with Gasteiger partial charge in [0.1, 0.15) is 0 Å². The summed E-state index contributed by atoms with van der Waals surface area (Å²) in [6.07, 6.45) is 2.62. The summed E-state index contributed by atoms with van der Waals surface area (Å²) in [5, 5.41) is 3.23. The Morgan fingerprint density at radius 1 is 1.29 bits per heavy atom. The standard InChI is InChI=1S/C16H34N4.HI/c1-12(2)14(20-9-7-13(3)8-10-20)11-18-15(17)19-16(4,5)6;/h12-14H,7-11H2,1-6H3,(H3,17,18,19);1H. The van der Waals surface area contributed by atoms with E-state index in [4.69, 9.17) is 5.73 Å². The molecule has 0 aromatic rings. The maximum Gasteiger partial charge on any atom is 0.189 e. The van der Waals surface area contributed by atoms with E-state index in [2.05, 4.69) is 56.8 Å². The van der Waals surface area contributed by atoms with Crippen molar-refractivity contribution in [2.24, 2.45) is 22.6 Å². The zero-order valence-corrected chi connectivity index (χ0v) is 17.0. The molecule has 1 heterocycles. The van der Waals surface area contributed by atoms with Crippen LogP contribution < -0.4 is 11.1 Å². The van der Waals surface area contributed by atoms with Gasteiger partial charge in [0, 0.05) is 11.6 Å². The maximum absolute atomic E-state index is 5.98. The molecule has 1 aliphatic rings. The molecular formula is C16H35IN4. The number of halogens is 1. The average Bonchev–Trinajstić information content (AvgIpc) is 2.29. The molecule has 0 radical (unpaired) electrons. The minimum absolute atomic E-state index is 0. The van der Waals surface area contributed by atoms with Gasteiger partial charge < -0.3 is 11.1 Å². The van der Waals surface area contributed by atoms with Crippen LogP contribution in [-0.4, -0.2) is 42.1 Å². The lowest BCUT2D eigenvalue weighted by Gasteiger charge is -2.38. The van der Waals surface area contributed by atoms with Crippen LogP contribution in [0, 0.1) is 11.8 Å². The predicted octanol–water partition coefficient (Wildman–Crippen LogP) is 3.06. The lowest BCUT2D eigenvalue weighted by Crippen LogP contribution is -2.48. The van der Waals surface area contributed by atoms with Crippen molar-refractivity contribution >= 4 is 29.9 Å². The van der Waals surface area contributed by atoms with Crippen LogP contribution in [0.2, 0.25) is 0 Å². The normalized spacial score (nSPS) is 20.2. The molecule has 21 heavy (non-hydrogen) atoms. The van der Waals surface area contributed by atoms with Gasteiger partial charge in [0.2, 0.25) is 0 Å². The van der Waals surface area contributed by atoms with Crippen molar-refractivity contribution in [3.8, 4) is 0 Å². The number of aliphatic imine (C=N–C) groups is 1. The SMILES string of the molecule is CC1CCN(C(CN=C(N)NC(C)(C)C)C(C)C)CC1.I. The van der Waals surface area contributed by atoms with Gasteiger partial charge in [0.15, 0.2) is 5.96 Å². The van der Waals surface area contributed by atoms with Crippen LogP contribution in [0.25, 0.3) is 0 Å². The van der Waals surface area contributed by atoms with E-state index in [1.807, 2.05) is 0 Å². The topological polar surface area (TPSA) is 53.6 Å². The Labute approximate surface area is 148 Å². The predicted molar refractivity (Wildman–Crippen MR) is 103 cm³/mol. The molecule has 126 valence electrons. The molecule has 1 aliphatic heterocycles. The minimum Gasteiger partial charge on any atom is -0.370 e. The number of hydrogen-bond donors (Lipinski definition) is 2. The fourth-order valence-electron chi connectivity index (χ4n) is 2.72. The molecule has 1 fully saturated rings. The maximum atomic E-state index is 5.98. The first-order valence-corrected chi connectivity index (χ1v) is 8.01. The van der Waals surface area contributed by atoms with Crippen molar-refractivity contribution in [1.82, 2.24) is 10.2 Å². The summed E-state index contributed by atoms with van der Waals surface area (Å²) < 4.78 is 0. The third-order valence-corrected chi connectivity index (χ3v) is 4.01. The molecule has 4 nitrogen and oxygen atoms in total. The van der Waals surface area contributed by atoms with Crippen molar-refractivity contribution in [2.45, 2.75) is 66.0 Å². The monoisotopic (exact) mass is 410 g/mol. The molecule has 5 heteroatoms. The van der Waals surface area contributed by atoms with Crippen LogP contribution >= 0.6 is 24.0 Å². The molecule has 1 unspecified atom stereocenters. The largest absolute Gasteiger partial charge is 0.370 e. The van der Waals surface area contributed by atoms with E-state index in [1.54, 1.807) is 0 Å². The Morgan fingerprint density at radius 2 is 1.81 bits per heavy atom. The van der Waals surface area contributed by atoms with Crippen molar-refractivity contribution < 1.29 is 0 Å². The second-order valence-electron chi connectivity index (χ2n) is 7.63. The van der Waals surface area contributed by atoms with Gasteiger partial charge in [-0.3, -0.25) is 9.89 Å². The van der Waals surface area contributed by atoms with Gasteiger partial charge >= 0.3 is 0 Å². The van der Waals surface area contributed by atoms with Crippen molar-refractivity contribution in [1.29, 1.82) is 0 Å². The summed E-state index contributed by atoms with van der Waals surface area (Å²) in [7, 11) is 0. The fourth-order valence-corrected chi connectivity index (χ4v) is 2.72. The highest BCUT2D eigenvalue weighted by atomic mass is 127. The third kappa shape index (κ3) is 8.24. The molecule has 1 rings (SSSR count). The van der Waals surface area contributed by atoms with Gasteiger partial charge in [-0.1, -0.05) is 20.8 Å². The highest BCUT2D eigenvalue weighted by molar-refractivity contribution is 14.0. The number of rotatable bonds is 4. The van der Waals surface area contributed by atoms with Gasteiger partial charge in [-0.15, -0.1) is 24.0 Å². The number of nitrogens with zero attached hydrogens (tertiary/aromatic N) is 2. The van der Waals surface area contributed by atoms with Crippen LogP contribution in [0.4, 0.5) is 0 Å². The lowest BCUT2D eigenvalue weighted by molar-refractivity contribution is 0.113. The lowest BCUT2D eigenvalue weighted by atomic mass is 9.94. The Balaban J connectivity index is 0.00000400. The molecule has 0 aromatic heterocycles. The molecule has 0 bridgehead atoms. The number of hydrogen-bond acceptors (Lipinski definition) is 2. The number of guanidine groups is 1. The Kier molecular flexibility index (Phi) is 9.16. The summed E-state index contributed by atoms with van der Waals surface area (Å²) in [5.74, 6) is 2.04. The second-order valence-corrected chi connectivity index (χ2v) is 7.63. The number of piperidine rings is 1. The summed E-state index contributed by atoms with van der Waals surface area (Å²) in [6, 6.07) is 0.503. The van der Waals surface area contributed by atoms with E-state index < -0.39 is 0 Å². The number of nitrogens with one attached hydrogen (secondary N) is 1. The van der Waals surface area contributed by atoms with Crippen LogP contribution in [0.1, 0.15) is 54.4 Å². The zero-order chi connectivity index (χ0) is 15.3. The van der Waals surface area contributed by atoms with Crippen molar-refractivity contribution in [3.63, 3.8) is 0 Å². The zero-order valence-electron chi connectivity index (χ0n) is 14.6. The molecule has 1 atom stereocenters. The third-order valence-electron chi connectivity index (χ3n) is 4.01. The van der Waals surface area contributed by atoms with E-state index in [0.717, 1.165) is 12.5 Å². The molecule has 0 spiro atoms. The van der Waals surface area contributed by atoms with Gasteiger partial charge in [-0.25, -0.2) is 0 Å². The summed E-state index contributed by atoms with van der Waals surface area (Å²) in [6.45, 7) is 16.4. The van der Waals surface area contributed by atoms with E-state index in [9.17, 15) is 0 Å². The molecular weight excluding hydrogens is 375 g/mol. The fraction of sp³-hybridized carbons (Fsp3) is 0.938. The summed E-state index contributed by atoms with van der Waals surface area (Å²) >= 11 is 0. The summed E-state index contributed by atoms with van der Waals surface area (Å²) in [4.78, 5) is 7.16. The Bertz CT molecular complexity index is 315. The van der Waals surface area contributed by atoms with Crippen molar-refractivity contribution in [3.05, 3.63) is 0 Å². The van der Waals surface area contributed by atoms with Gasteiger partial charge in [-0.05, 0) is 58.5 Å². The van der Waals surface area contributed by atoms with Crippen LogP contribution in [-0.2, 0) is 0 Å². The Hall–Kier alpha value is -0.0400. The first-order valence-electron chi connectivity index (χ1n) is 8.01. The van der Waals surface area contributed by atoms with E-state index in [0.29, 0.717) is 17.9 Å². The van der Waals surface area contributed by atoms with E-state index in [1.165, 1.54) is 25.9 Å². The quantitative estimate of drug-likeness (QED) is 0.426. The molecule has 0 aromatic carbocycles. The number of likely N-dealkylation sites (tertiary alicyclic amines) is 1. The van der Waals surface area contributed by atoms with Crippen LogP contribution in [0.5, 0.6) is 0 Å². The average molecular weight is 410 g/mol. The van der Waals surface area contributed by atoms with E-state index >= 15 is 0 Å². The molecule has 1 saturated heterocycles. The first kappa shape index (κ1) is 21.0. The number of nitrogens with two attached hydrogens (primary N) is 1. The van der Waals surface area contributed by atoms with Crippen molar-refractivity contribution in [2.75, 3.05) is 19.6 Å². The highest BCUT2D eigenvalue weighted by Gasteiger charge is 2.25. The molecule has 0 amide bonds. The van der Waals surface area contributed by atoms with Crippen LogP contribution in [0.15, 0.2) is 4.99 Å². The highest BCUT2D eigenvalue weighted by Crippen LogP contribution is 2.21.